The second-order valence-electron chi connectivity index (χ2n) is 7.36. The fourth-order valence-corrected chi connectivity index (χ4v) is 4.00. The number of benzene rings is 2. The predicted molar refractivity (Wildman–Crippen MR) is 108 cm³/mol. The van der Waals surface area contributed by atoms with Gasteiger partial charge < -0.3 is 16.0 Å². The van der Waals surface area contributed by atoms with Crippen molar-refractivity contribution in [3.63, 3.8) is 0 Å². The van der Waals surface area contributed by atoms with Gasteiger partial charge in [0.05, 0.1) is 0 Å². The SMILES string of the molecule is O=C(CN1C(=O)NC2(CCc3ccccc32)C1=O)NCCNC(=O)c1ccccc1. The molecule has 1 aliphatic carbocycles. The summed E-state index contributed by atoms with van der Waals surface area (Å²) < 4.78 is 0. The molecule has 0 saturated carbocycles. The number of imide groups is 1. The average Bonchev–Trinajstić information content (AvgIpc) is 3.25. The zero-order valence-corrected chi connectivity index (χ0v) is 16.3. The molecule has 1 atom stereocenters. The molecule has 154 valence electrons. The zero-order chi connectivity index (χ0) is 21.1. The van der Waals surface area contributed by atoms with E-state index in [1.54, 1.807) is 24.3 Å². The lowest BCUT2D eigenvalue weighted by molar-refractivity contribution is -0.135. The maximum Gasteiger partial charge on any atom is 0.325 e. The number of rotatable bonds is 6. The topological polar surface area (TPSA) is 108 Å². The lowest BCUT2D eigenvalue weighted by Crippen LogP contribution is -2.44. The molecule has 0 bridgehead atoms. The van der Waals surface area contributed by atoms with Crippen LogP contribution in [0.4, 0.5) is 4.79 Å². The largest absolute Gasteiger partial charge is 0.353 e. The van der Waals surface area contributed by atoms with Gasteiger partial charge in [-0.15, -0.1) is 0 Å². The summed E-state index contributed by atoms with van der Waals surface area (Å²) in [6, 6.07) is 15.7. The first-order valence-corrected chi connectivity index (χ1v) is 9.84. The quantitative estimate of drug-likeness (QED) is 0.490. The van der Waals surface area contributed by atoms with Gasteiger partial charge in [-0.05, 0) is 36.1 Å². The van der Waals surface area contributed by atoms with Crippen LogP contribution in [0.3, 0.4) is 0 Å². The molecule has 0 aromatic heterocycles. The molecule has 0 radical (unpaired) electrons. The van der Waals surface area contributed by atoms with Crippen molar-refractivity contribution >= 4 is 23.8 Å². The van der Waals surface area contributed by atoms with Crippen LogP contribution in [0.25, 0.3) is 0 Å². The van der Waals surface area contributed by atoms with Gasteiger partial charge in [-0.2, -0.15) is 0 Å². The highest BCUT2D eigenvalue weighted by atomic mass is 16.2. The standard InChI is InChI=1S/C22H22N4O4/c27-18(23-12-13-24-19(28)16-7-2-1-3-8-16)14-26-20(29)22(25-21(26)30)11-10-15-6-4-5-9-17(15)22/h1-9H,10-14H2,(H,23,27)(H,24,28)(H,25,30). The van der Waals surface area contributed by atoms with Crippen molar-refractivity contribution in [1.29, 1.82) is 0 Å². The van der Waals surface area contributed by atoms with Gasteiger partial charge in [0, 0.05) is 18.7 Å². The molecule has 1 spiro atoms. The van der Waals surface area contributed by atoms with E-state index in [-0.39, 0.29) is 25.5 Å². The van der Waals surface area contributed by atoms with E-state index in [2.05, 4.69) is 16.0 Å². The molecule has 3 N–H and O–H groups in total. The van der Waals surface area contributed by atoms with Gasteiger partial charge in [-0.25, -0.2) is 4.79 Å². The Kier molecular flexibility index (Phi) is 5.22. The van der Waals surface area contributed by atoms with Crippen molar-refractivity contribution in [2.45, 2.75) is 18.4 Å². The van der Waals surface area contributed by atoms with Crippen LogP contribution in [0.2, 0.25) is 0 Å². The van der Waals surface area contributed by atoms with Crippen molar-refractivity contribution in [2.75, 3.05) is 19.6 Å². The fraction of sp³-hybridized carbons (Fsp3) is 0.273. The second-order valence-corrected chi connectivity index (χ2v) is 7.36. The van der Waals surface area contributed by atoms with Gasteiger partial charge in [0.25, 0.3) is 11.8 Å². The molecule has 1 fully saturated rings. The highest BCUT2D eigenvalue weighted by Crippen LogP contribution is 2.41. The molecule has 30 heavy (non-hydrogen) atoms. The monoisotopic (exact) mass is 406 g/mol. The predicted octanol–water partition coefficient (Wildman–Crippen LogP) is 0.926. The third-order valence-corrected chi connectivity index (χ3v) is 5.49. The Hall–Kier alpha value is -3.68. The number of nitrogens with zero attached hydrogens (tertiary/aromatic N) is 1. The van der Waals surface area contributed by atoms with Gasteiger partial charge in [-0.1, -0.05) is 42.5 Å². The average molecular weight is 406 g/mol. The summed E-state index contributed by atoms with van der Waals surface area (Å²) in [7, 11) is 0. The number of fused-ring (bicyclic) bond motifs is 2. The highest BCUT2D eigenvalue weighted by molar-refractivity contribution is 6.09. The summed E-state index contributed by atoms with van der Waals surface area (Å²) in [5.41, 5.74) is 1.30. The summed E-state index contributed by atoms with van der Waals surface area (Å²) in [6.45, 7) is 0.0627. The molecule has 1 heterocycles. The molecule has 1 unspecified atom stereocenters. The summed E-state index contributed by atoms with van der Waals surface area (Å²) >= 11 is 0. The van der Waals surface area contributed by atoms with E-state index in [4.69, 9.17) is 0 Å². The van der Waals surface area contributed by atoms with E-state index in [0.29, 0.717) is 18.4 Å². The van der Waals surface area contributed by atoms with Crippen LogP contribution in [0.1, 0.15) is 27.9 Å². The van der Waals surface area contributed by atoms with E-state index in [1.165, 1.54) is 0 Å². The van der Waals surface area contributed by atoms with Crippen LogP contribution in [-0.2, 0) is 21.5 Å². The minimum atomic E-state index is -1.07. The first-order valence-electron chi connectivity index (χ1n) is 9.84. The molecule has 8 nitrogen and oxygen atoms in total. The third-order valence-electron chi connectivity index (χ3n) is 5.49. The Morgan fingerprint density at radius 3 is 2.47 bits per heavy atom. The van der Waals surface area contributed by atoms with Gasteiger partial charge in [0.15, 0.2) is 0 Å². The summed E-state index contributed by atoms with van der Waals surface area (Å²) in [5.74, 6) is -1.10. The van der Waals surface area contributed by atoms with E-state index in [1.807, 2.05) is 30.3 Å². The number of aryl methyl sites for hydroxylation is 1. The molecular weight excluding hydrogens is 384 g/mol. The third kappa shape index (κ3) is 3.52. The van der Waals surface area contributed by atoms with Crippen LogP contribution < -0.4 is 16.0 Å². The number of carbonyl (C=O) groups excluding carboxylic acids is 4. The Bertz CT molecular complexity index is 1010. The molecule has 5 amide bonds. The van der Waals surface area contributed by atoms with E-state index in [9.17, 15) is 19.2 Å². The van der Waals surface area contributed by atoms with Gasteiger partial charge >= 0.3 is 6.03 Å². The summed E-state index contributed by atoms with van der Waals surface area (Å²) in [4.78, 5) is 50.6. The lowest BCUT2D eigenvalue weighted by atomic mass is 9.92. The first kappa shape index (κ1) is 19.6. The van der Waals surface area contributed by atoms with Crippen molar-refractivity contribution in [3.8, 4) is 0 Å². The molecule has 2 aromatic rings. The van der Waals surface area contributed by atoms with E-state index in [0.717, 1.165) is 16.0 Å². The molecule has 1 saturated heterocycles. The van der Waals surface area contributed by atoms with Crippen molar-refractivity contribution < 1.29 is 19.2 Å². The van der Waals surface area contributed by atoms with E-state index < -0.39 is 23.4 Å². The number of hydrogen-bond acceptors (Lipinski definition) is 4. The maximum atomic E-state index is 13.0. The van der Waals surface area contributed by atoms with Gasteiger partial charge in [-0.3, -0.25) is 19.3 Å². The molecule has 2 aromatic carbocycles. The van der Waals surface area contributed by atoms with Gasteiger partial charge in [0.1, 0.15) is 12.1 Å². The van der Waals surface area contributed by atoms with Gasteiger partial charge in [0.2, 0.25) is 5.91 Å². The van der Waals surface area contributed by atoms with Crippen molar-refractivity contribution in [1.82, 2.24) is 20.9 Å². The number of amides is 5. The fourth-order valence-electron chi connectivity index (χ4n) is 4.00. The Balaban J connectivity index is 1.29. The normalized spacial score (nSPS) is 19.5. The second kappa shape index (κ2) is 7.98. The van der Waals surface area contributed by atoms with Crippen LogP contribution in [0.15, 0.2) is 54.6 Å². The van der Waals surface area contributed by atoms with Crippen molar-refractivity contribution in [2.24, 2.45) is 0 Å². The maximum absolute atomic E-state index is 13.0. The molecular formula is C22H22N4O4. The highest BCUT2D eigenvalue weighted by Gasteiger charge is 2.55. The minimum Gasteiger partial charge on any atom is -0.353 e. The van der Waals surface area contributed by atoms with Crippen LogP contribution in [0.5, 0.6) is 0 Å². The van der Waals surface area contributed by atoms with Crippen LogP contribution in [-0.4, -0.2) is 48.3 Å². The number of hydrogen-bond donors (Lipinski definition) is 3. The summed E-state index contributed by atoms with van der Waals surface area (Å²) in [6.07, 6.45) is 1.18. The number of carbonyl (C=O) groups is 4. The number of nitrogens with one attached hydrogen (secondary N) is 3. The molecule has 8 heteroatoms. The van der Waals surface area contributed by atoms with E-state index >= 15 is 0 Å². The molecule has 2 aliphatic rings. The summed E-state index contributed by atoms with van der Waals surface area (Å²) in [5, 5.41) is 8.12. The lowest BCUT2D eigenvalue weighted by Gasteiger charge is -2.22. The van der Waals surface area contributed by atoms with Crippen LogP contribution in [0, 0.1) is 0 Å². The Labute approximate surface area is 173 Å². The zero-order valence-electron chi connectivity index (χ0n) is 16.3. The Morgan fingerprint density at radius 1 is 0.967 bits per heavy atom. The Morgan fingerprint density at radius 2 is 1.67 bits per heavy atom. The van der Waals surface area contributed by atoms with Crippen molar-refractivity contribution in [3.05, 3.63) is 71.3 Å². The first-order chi connectivity index (χ1) is 14.5. The number of urea groups is 1. The minimum absolute atomic E-state index is 0.190. The molecule has 4 rings (SSSR count). The molecule has 1 aliphatic heterocycles. The van der Waals surface area contributed by atoms with Crippen LogP contribution >= 0.6 is 0 Å². The smallest absolute Gasteiger partial charge is 0.325 e.